The Bertz CT molecular complexity index is 931. The molecule has 0 aromatic carbocycles. The monoisotopic (exact) mass is 378 g/mol. The Morgan fingerprint density at radius 2 is 2.18 bits per heavy atom. The molecular formula is C21H26N6O. The lowest BCUT2D eigenvalue weighted by Crippen LogP contribution is -2.45. The fourth-order valence-electron chi connectivity index (χ4n) is 4.26. The van der Waals surface area contributed by atoms with Crippen LogP contribution in [0.5, 0.6) is 0 Å². The van der Waals surface area contributed by atoms with Crippen molar-refractivity contribution in [1.29, 1.82) is 5.26 Å². The van der Waals surface area contributed by atoms with Crippen molar-refractivity contribution < 1.29 is 0 Å². The number of fused-ring (bicyclic) bond motifs is 1. The van der Waals surface area contributed by atoms with Crippen LogP contribution in [0.4, 0.5) is 5.82 Å². The van der Waals surface area contributed by atoms with Gasteiger partial charge in [-0.1, -0.05) is 6.42 Å². The summed E-state index contributed by atoms with van der Waals surface area (Å²) >= 11 is 0. The predicted octanol–water partition coefficient (Wildman–Crippen LogP) is 1.97. The zero-order valence-corrected chi connectivity index (χ0v) is 16.1. The molecular weight excluding hydrogens is 352 g/mol. The van der Waals surface area contributed by atoms with Crippen molar-refractivity contribution in [3.05, 3.63) is 51.6 Å². The fourth-order valence-corrected chi connectivity index (χ4v) is 4.26. The number of aromatic nitrogens is 3. The fraction of sp³-hybridized carbons (Fsp3) is 0.524. The minimum atomic E-state index is 0.0134. The average molecular weight is 378 g/mol. The van der Waals surface area contributed by atoms with Crippen LogP contribution >= 0.6 is 0 Å². The molecule has 1 atom stereocenters. The van der Waals surface area contributed by atoms with E-state index in [2.05, 4.69) is 26.4 Å². The minimum Gasteiger partial charge on any atom is -0.367 e. The van der Waals surface area contributed by atoms with Crippen LogP contribution in [0.3, 0.4) is 0 Å². The number of aryl methyl sites for hydroxylation is 2. The maximum absolute atomic E-state index is 12.3. The number of nitrogens with zero attached hydrogens (tertiary/aromatic N) is 5. The molecule has 7 heteroatoms. The van der Waals surface area contributed by atoms with E-state index in [-0.39, 0.29) is 5.56 Å². The summed E-state index contributed by atoms with van der Waals surface area (Å²) in [6, 6.07) is 7.88. The molecule has 7 nitrogen and oxygen atoms in total. The summed E-state index contributed by atoms with van der Waals surface area (Å²) in [5, 5.41) is 17.2. The Hall–Kier alpha value is -2.72. The van der Waals surface area contributed by atoms with Crippen molar-refractivity contribution in [3.8, 4) is 6.07 Å². The molecule has 2 aliphatic rings. The van der Waals surface area contributed by atoms with Crippen LogP contribution < -0.4 is 10.9 Å². The Kier molecular flexibility index (Phi) is 5.68. The van der Waals surface area contributed by atoms with Gasteiger partial charge in [-0.15, -0.1) is 0 Å². The highest BCUT2D eigenvalue weighted by molar-refractivity contribution is 5.51. The van der Waals surface area contributed by atoms with Crippen molar-refractivity contribution in [1.82, 2.24) is 19.7 Å². The quantitative estimate of drug-likeness (QED) is 0.827. The van der Waals surface area contributed by atoms with Gasteiger partial charge in [-0.25, -0.2) is 9.67 Å². The molecule has 1 N–H and O–H groups in total. The second-order valence-corrected chi connectivity index (χ2v) is 7.61. The van der Waals surface area contributed by atoms with Crippen molar-refractivity contribution in [2.75, 3.05) is 25.0 Å². The Balaban J connectivity index is 1.39. The first-order valence-corrected chi connectivity index (χ1v) is 10.2. The van der Waals surface area contributed by atoms with E-state index >= 15 is 0 Å². The van der Waals surface area contributed by atoms with Crippen molar-refractivity contribution in [3.63, 3.8) is 0 Å². The van der Waals surface area contributed by atoms with Crippen molar-refractivity contribution >= 4 is 5.82 Å². The van der Waals surface area contributed by atoms with Crippen molar-refractivity contribution in [2.24, 2.45) is 0 Å². The van der Waals surface area contributed by atoms with Crippen molar-refractivity contribution in [2.45, 2.75) is 51.1 Å². The van der Waals surface area contributed by atoms with Crippen LogP contribution in [0.2, 0.25) is 0 Å². The third kappa shape index (κ3) is 4.07. The molecule has 28 heavy (non-hydrogen) atoms. The predicted molar refractivity (Wildman–Crippen MR) is 107 cm³/mol. The summed E-state index contributed by atoms with van der Waals surface area (Å²) in [6.45, 7) is 3.21. The topological polar surface area (TPSA) is 86.8 Å². The van der Waals surface area contributed by atoms with E-state index in [9.17, 15) is 10.1 Å². The van der Waals surface area contributed by atoms with Gasteiger partial charge >= 0.3 is 0 Å². The maximum Gasteiger partial charge on any atom is 0.267 e. The van der Waals surface area contributed by atoms with Crippen LogP contribution in [0.15, 0.2) is 29.2 Å². The normalized spacial score (nSPS) is 19.2. The number of nitrogens with one attached hydrogen (secondary N) is 1. The summed E-state index contributed by atoms with van der Waals surface area (Å²) in [6.07, 6.45) is 8.25. The van der Waals surface area contributed by atoms with Gasteiger partial charge in [0.1, 0.15) is 11.9 Å². The molecule has 1 saturated heterocycles. The minimum absolute atomic E-state index is 0.0134. The highest BCUT2D eigenvalue weighted by Gasteiger charge is 2.23. The number of hydrogen-bond donors (Lipinski definition) is 1. The molecule has 0 saturated carbocycles. The largest absolute Gasteiger partial charge is 0.367 e. The number of pyridine rings is 1. The first kappa shape index (κ1) is 18.6. The SMILES string of the molecule is N#Cc1cccnc1NCC1CCCCN1CCn1nc2c(cc1=O)CCC2. The Morgan fingerprint density at radius 3 is 3.07 bits per heavy atom. The molecule has 4 rings (SSSR count). The maximum atomic E-state index is 12.3. The number of anilines is 1. The van der Waals surface area contributed by atoms with E-state index < -0.39 is 0 Å². The van der Waals surface area contributed by atoms with Gasteiger partial charge < -0.3 is 5.32 Å². The lowest BCUT2D eigenvalue weighted by Gasteiger charge is -2.36. The number of nitriles is 1. The molecule has 1 unspecified atom stereocenters. The average Bonchev–Trinajstić information content (AvgIpc) is 3.18. The van der Waals surface area contributed by atoms with Crippen LogP contribution in [-0.2, 0) is 19.4 Å². The highest BCUT2D eigenvalue weighted by Crippen LogP contribution is 2.19. The number of rotatable bonds is 6. The van der Waals surface area contributed by atoms with Gasteiger partial charge in [-0.3, -0.25) is 9.69 Å². The van der Waals surface area contributed by atoms with Gasteiger partial charge in [0.15, 0.2) is 0 Å². The highest BCUT2D eigenvalue weighted by atomic mass is 16.1. The summed E-state index contributed by atoms with van der Waals surface area (Å²) in [7, 11) is 0. The molecule has 2 aromatic heterocycles. The number of likely N-dealkylation sites (tertiary alicyclic amines) is 1. The van der Waals surface area contributed by atoms with Crippen LogP contribution in [0.25, 0.3) is 0 Å². The van der Waals surface area contributed by atoms with Gasteiger partial charge in [0.25, 0.3) is 5.56 Å². The zero-order valence-electron chi connectivity index (χ0n) is 16.1. The summed E-state index contributed by atoms with van der Waals surface area (Å²) in [4.78, 5) is 19.1. The smallest absolute Gasteiger partial charge is 0.267 e. The van der Waals surface area contributed by atoms with E-state index in [1.807, 2.05) is 0 Å². The third-order valence-corrected chi connectivity index (χ3v) is 5.81. The summed E-state index contributed by atoms with van der Waals surface area (Å²) in [5.74, 6) is 0.645. The second kappa shape index (κ2) is 8.53. The lowest BCUT2D eigenvalue weighted by atomic mass is 10.0. The van der Waals surface area contributed by atoms with Crippen LogP contribution in [0, 0.1) is 11.3 Å². The van der Waals surface area contributed by atoms with Gasteiger partial charge in [0.2, 0.25) is 0 Å². The zero-order chi connectivity index (χ0) is 19.3. The van der Waals surface area contributed by atoms with Gasteiger partial charge in [-0.2, -0.15) is 10.4 Å². The van der Waals surface area contributed by atoms with Gasteiger partial charge in [0, 0.05) is 31.4 Å². The Labute approximate surface area is 165 Å². The van der Waals surface area contributed by atoms with E-state index in [0.29, 0.717) is 24.0 Å². The molecule has 1 aliphatic heterocycles. The van der Waals surface area contributed by atoms with Gasteiger partial charge in [-0.05, 0) is 56.3 Å². The van der Waals surface area contributed by atoms with E-state index in [1.165, 1.54) is 12.8 Å². The third-order valence-electron chi connectivity index (χ3n) is 5.81. The van der Waals surface area contributed by atoms with E-state index in [0.717, 1.165) is 56.6 Å². The molecule has 0 spiro atoms. The molecule has 1 fully saturated rings. The summed E-state index contributed by atoms with van der Waals surface area (Å²) in [5.41, 5.74) is 2.80. The second-order valence-electron chi connectivity index (χ2n) is 7.61. The first-order chi connectivity index (χ1) is 13.7. The first-order valence-electron chi connectivity index (χ1n) is 10.2. The summed E-state index contributed by atoms with van der Waals surface area (Å²) < 4.78 is 1.63. The van der Waals surface area contributed by atoms with Crippen LogP contribution in [0.1, 0.15) is 42.5 Å². The van der Waals surface area contributed by atoms with Crippen LogP contribution in [-0.4, -0.2) is 45.3 Å². The van der Waals surface area contributed by atoms with Gasteiger partial charge in [0.05, 0.1) is 17.8 Å². The molecule has 0 radical (unpaired) electrons. The molecule has 2 aromatic rings. The Morgan fingerprint density at radius 1 is 1.25 bits per heavy atom. The number of piperidine rings is 1. The molecule has 3 heterocycles. The molecule has 1 aliphatic carbocycles. The lowest BCUT2D eigenvalue weighted by molar-refractivity contribution is 0.148. The number of hydrogen-bond acceptors (Lipinski definition) is 6. The molecule has 0 bridgehead atoms. The standard InChI is InChI=1S/C21H26N6O/c22-14-17-6-4-9-23-21(17)24-15-18-7-1-2-10-26(18)11-12-27-20(28)13-16-5-3-8-19(16)25-27/h4,6,9,13,18H,1-3,5,7-8,10-12,15H2,(H,23,24). The molecule has 0 amide bonds. The van der Waals surface area contributed by atoms with E-state index in [4.69, 9.17) is 0 Å². The molecule has 146 valence electrons. The van der Waals surface area contributed by atoms with E-state index in [1.54, 1.807) is 29.1 Å².